The maximum atomic E-state index is 13.0. The molecule has 23 heavy (non-hydrogen) atoms. The van der Waals surface area contributed by atoms with E-state index in [9.17, 15) is 9.59 Å². The van der Waals surface area contributed by atoms with Gasteiger partial charge in [-0.25, -0.2) is 0 Å². The zero-order valence-corrected chi connectivity index (χ0v) is 13.3. The average Bonchev–Trinajstić information content (AvgIpc) is 2.93. The molecule has 0 saturated carbocycles. The molecule has 4 atom stereocenters. The van der Waals surface area contributed by atoms with Crippen LogP contribution in [0.5, 0.6) is 11.5 Å². The zero-order valence-electron chi connectivity index (χ0n) is 13.3. The van der Waals surface area contributed by atoms with Crippen molar-refractivity contribution in [3.8, 4) is 11.5 Å². The summed E-state index contributed by atoms with van der Waals surface area (Å²) in [5.74, 6) is -1.04. The van der Waals surface area contributed by atoms with Crippen LogP contribution in [-0.4, -0.2) is 36.4 Å². The van der Waals surface area contributed by atoms with Crippen molar-refractivity contribution in [2.45, 2.75) is 44.2 Å². The molecule has 0 unspecified atom stereocenters. The first kappa shape index (κ1) is 14.5. The van der Waals surface area contributed by atoms with Gasteiger partial charge in [0.15, 0.2) is 5.60 Å². The minimum Gasteiger partial charge on any atom is -0.496 e. The number of fused-ring (bicyclic) bond motifs is 1. The predicted octanol–water partition coefficient (Wildman–Crippen LogP) is 2.10. The summed E-state index contributed by atoms with van der Waals surface area (Å²) in [6.07, 6.45) is 0.359. The molecule has 0 radical (unpaired) electrons. The first-order valence-electron chi connectivity index (χ1n) is 7.79. The van der Waals surface area contributed by atoms with Gasteiger partial charge in [-0.1, -0.05) is 19.9 Å². The molecule has 6 nitrogen and oxygen atoms in total. The first-order valence-corrected chi connectivity index (χ1v) is 7.79. The number of rotatable bonds is 3. The summed E-state index contributed by atoms with van der Waals surface area (Å²) in [5, 5.41) is 0. The quantitative estimate of drug-likeness (QED) is 0.627. The van der Waals surface area contributed by atoms with E-state index in [1.807, 2.05) is 13.8 Å². The van der Waals surface area contributed by atoms with Gasteiger partial charge in [0.25, 0.3) is 0 Å². The summed E-state index contributed by atoms with van der Waals surface area (Å²) in [5.41, 5.74) is -0.540. The number of hydrogen-bond donors (Lipinski definition) is 0. The molecule has 6 heteroatoms. The van der Waals surface area contributed by atoms with Crippen LogP contribution in [0, 0.1) is 5.92 Å². The molecular formula is C17H18O6. The van der Waals surface area contributed by atoms with Crippen molar-refractivity contribution in [3.63, 3.8) is 0 Å². The van der Waals surface area contributed by atoms with Crippen LogP contribution in [0.1, 0.15) is 37.0 Å². The van der Waals surface area contributed by atoms with E-state index in [2.05, 4.69) is 0 Å². The second-order valence-electron chi connectivity index (χ2n) is 6.32. The number of Topliss-reactive ketones (excluding diaryl/α,β-unsaturated/α-hetero) is 1. The molecule has 1 aromatic rings. The molecule has 0 N–H and O–H groups in total. The van der Waals surface area contributed by atoms with Gasteiger partial charge in [-0.2, -0.15) is 0 Å². The number of benzene rings is 1. The number of ketones is 1. The summed E-state index contributed by atoms with van der Waals surface area (Å²) >= 11 is 0. The summed E-state index contributed by atoms with van der Waals surface area (Å²) in [6.45, 7) is 3.83. The number of ether oxygens (including phenoxy) is 4. The van der Waals surface area contributed by atoms with Gasteiger partial charge in [0.05, 0.1) is 13.5 Å². The van der Waals surface area contributed by atoms with Crippen LogP contribution in [-0.2, 0) is 14.3 Å². The predicted molar refractivity (Wildman–Crippen MR) is 78.5 cm³/mol. The van der Waals surface area contributed by atoms with Crippen molar-refractivity contribution in [2.24, 2.45) is 5.92 Å². The second kappa shape index (κ2) is 4.47. The highest BCUT2D eigenvalue weighted by Gasteiger charge is 2.84. The molecule has 122 valence electrons. The zero-order chi connectivity index (χ0) is 16.4. The second-order valence-corrected chi connectivity index (χ2v) is 6.32. The molecule has 0 aliphatic carbocycles. The van der Waals surface area contributed by atoms with Crippen molar-refractivity contribution in [2.75, 3.05) is 7.11 Å². The molecule has 3 aliphatic rings. The summed E-state index contributed by atoms with van der Waals surface area (Å²) < 4.78 is 22.5. The normalized spacial score (nSPS) is 37.5. The molecule has 3 aliphatic heterocycles. The summed E-state index contributed by atoms with van der Waals surface area (Å²) in [6, 6.07) is 5.20. The Bertz CT molecular complexity index is 713. The smallest absolute Gasteiger partial charge is 0.309 e. The number of methoxy groups -OCH3 is 1. The number of carbonyl (C=O) groups excluding carboxylic acids is 2. The lowest BCUT2D eigenvalue weighted by Crippen LogP contribution is -2.44. The lowest BCUT2D eigenvalue weighted by molar-refractivity contribution is -0.144. The van der Waals surface area contributed by atoms with E-state index in [0.29, 0.717) is 29.9 Å². The Kier molecular flexibility index (Phi) is 2.82. The molecule has 0 amide bonds. The Morgan fingerprint density at radius 2 is 2.13 bits per heavy atom. The van der Waals surface area contributed by atoms with Gasteiger partial charge in [0, 0.05) is 5.92 Å². The Balaban J connectivity index is 1.75. The van der Waals surface area contributed by atoms with Gasteiger partial charge in [-0.3, -0.25) is 9.59 Å². The van der Waals surface area contributed by atoms with Gasteiger partial charge >= 0.3 is 11.8 Å². The molecular weight excluding hydrogens is 300 g/mol. The third kappa shape index (κ3) is 1.62. The molecule has 1 aromatic carbocycles. The highest BCUT2D eigenvalue weighted by atomic mass is 16.8. The number of hydrogen-bond acceptors (Lipinski definition) is 6. The largest absolute Gasteiger partial charge is 0.496 e. The van der Waals surface area contributed by atoms with Gasteiger partial charge < -0.3 is 18.9 Å². The highest BCUT2D eigenvalue weighted by Crippen LogP contribution is 2.62. The van der Waals surface area contributed by atoms with E-state index in [0.717, 1.165) is 0 Å². The van der Waals surface area contributed by atoms with Crippen LogP contribution in [0.25, 0.3) is 0 Å². The first-order chi connectivity index (χ1) is 11.0. The van der Waals surface area contributed by atoms with Crippen molar-refractivity contribution in [3.05, 3.63) is 23.8 Å². The molecule has 2 saturated heterocycles. The van der Waals surface area contributed by atoms with Crippen LogP contribution in [0.2, 0.25) is 0 Å². The highest BCUT2D eigenvalue weighted by molar-refractivity contribution is 6.11. The Labute approximate surface area is 133 Å². The van der Waals surface area contributed by atoms with E-state index in [1.54, 1.807) is 18.2 Å². The van der Waals surface area contributed by atoms with Crippen LogP contribution in [0.4, 0.5) is 0 Å². The van der Waals surface area contributed by atoms with Gasteiger partial charge in [-0.15, -0.1) is 0 Å². The van der Waals surface area contributed by atoms with E-state index < -0.39 is 17.5 Å². The average molecular weight is 318 g/mol. The van der Waals surface area contributed by atoms with Crippen molar-refractivity contribution >= 4 is 11.8 Å². The van der Waals surface area contributed by atoms with Crippen LogP contribution >= 0.6 is 0 Å². The lowest BCUT2D eigenvalue weighted by atomic mass is 9.83. The van der Waals surface area contributed by atoms with E-state index in [1.165, 1.54) is 7.11 Å². The lowest BCUT2D eigenvalue weighted by Gasteiger charge is -2.22. The van der Waals surface area contributed by atoms with Crippen molar-refractivity contribution in [1.82, 2.24) is 0 Å². The van der Waals surface area contributed by atoms with Crippen LogP contribution < -0.4 is 9.47 Å². The van der Waals surface area contributed by atoms with Gasteiger partial charge in [-0.05, 0) is 18.6 Å². The molecule has 0 bridgehead atoms. The van der Waals surface area contributed by atoms with Crippen LogP contribution in [0.15, 0.2) is 18.2 Å². The number of cyclic esters (lactones) is 1. The summed E-state index contributed by atoms with van der Waals surface area (Å²) in [7, 11) is 1.51. The number of epoxide rings is 1. The monoisotopic (exact) mass is 318 g/mol. The third-order valence-electron chi connectivity index (χ3n) is 5.08. The minimum absolute atomic E-state index is 0.0242. The van der Waals surface area contributed by atoms with Gasteiger partial charge in [0.2, 0.25) is 5.78 Å². The molecule has 2 fully saturated rings. The SMILES string of the molecule is CC[C@]1([C@@H]2OC(=O)C[C@H]2C)O[C@@]12Oc1cccc(OC)c1C2=O. The topological polar surface area (TPSA) is 74.4 Å². The standard InChI is InChI=1S/C17H18O6/c1-4-16(15-9(2)8-12(18)21-15)17(23-16)14(19)13-10(20-3)6-5-7-11(13)22-17/h5-7,9,15H,4,8H2,1-3H3/t9-,15-,16-,17-/m1/s1. The van der Waals surface area contributed by atoms with Crippen molar-refractivity contribution < 1.29 is 28.5 Å². The van der Waals surface area contributed by atoms with Gasteiger partial charge in [0.1, 0.15) is 23.2 Å². The van der Waals surface area contributed by atoms with E-state index in [-0.39, 0.29) is 17.7 Å². The van der Waals surface area contributed by atoms with Crippen LogP contribution in [0.3, 0.4) is 0 Å². The fraction of sp³-hybridized carbons (Fsp3) is 0.529. The fourth-order valence-corrected chi connectivity index (χ4v) is 3.91. The van der Waals surface area contributed by atoms with E-state index in [4.69, 9.17) is 18.9 Å². The summed E-state index contributed by atoms with van der Waals surface area (Å²) in [4.78, 5) is 24.6. The maximum Gasteiger partial charge on any atom is 0.309 e. The van der Waals surface area contributed by atoms with E-state index >= 15 is 0 Å². The Morgan fingerprint density at radius 1 is 1.35 bits per heavy atom. The Hall–Kier alpha value is -2.08. The molecule has 0 aromatic heterocycles. The fourth-order valence-electron chi connectivity index (χ4n) is 3.91. The molecule has 3 heterocycles. The number of carbonyl (C=O) groups is 2. The molecule has 1 spiro atoms. The molecule has 4 rings (SSSR count). The van der Waals surface area contributed by atoms with Crippen molar-refractivity contribution in [1.29, 1.82) is 0 Å². The Morgan fingerprint density at radius 3 is 2.74 bits per heavy atom. The third-order valence-corrected chi connectivity index (χ3v) is 5.08. The maximum absolute atomic E-state index is 13.0. The number of esters is 1. The minimum atomic E-state index is -1.40.